The van der Waals surface area contributed by atoms with Gasteiger partial charge in [-0.2, -0.15) is 0 Å². The van der Waals surface area contributed by atoms with Gasteiger partial charge in [-0.05, 0) is 6.07 Å². The highest BCUT2D eigenvalue weighted by Crippen LogP contribution is 2.27. The molecule has 0 unspecified atom stereocenters. The average molecular weight is 298 g/mol. The molecular weight excluding hydrogens is 290 g/mol. The Bertz CT molecular complexity index is 616. The number of hydrogen-bond acceptors (Lipinski definition) is 5. The summed E-state index contributed by atoms with van der Waals surface area (Å²) >= 11 is 7.25. The number of nitrogens with one attached hydrogen (secondary N) is 1. The van der Waals surface area contributed by atoms with E-state index in [0.29, 0.717) is 0 Å². The van der Waals surface area contributed by atoms with Crippen LogP contribution in [0, 0.1) is 10.1 Å². The Hall–Kier alpha value is -1.99. The third kappa shape index (κ3) is 3.07. The molecule has 0 spiro atoms. The predicted molar refractivity (Wildman–Crippen MR) is 71.4 cm³/mol. The molecule has 1 N–H and O–H groups in total. The summed E-state index contributed by atoms with van der Waals surface area (Å²) in [5.74, 6) is -0.469. The minimum absolute atomic E-state index is 0.0763. The lowest BCUT2D eigenvalue weighted by atomic mass is 10.2. The van der Waals surface area contributed by atoms with Gasteiger partial charge in [0.2, 0.25) is 0 Å². The highest BCUT2D eigenvalue weighted by Gasteiger charge is 2.19. The average Bonchev–Trinajstić information content (AvgIpc) is 2.89. The van der Waals surface area contributed by atoms with Crippen molar-refractivity contribution in [3.05, 3.63) is 55.5 Å². The van der Waals surface area contributed by atoms with E-state index in [9.17, 15) is 14.9 Å². The van der Waals surface area contributed by atoms with Crippen molar-refractivity contribution in [3.63, 3.8) is 0 Å². The second kappa shape index (κ2) is 5.77. The van der Waals surface area contributed by atoms with E-state index in [-0.39, 0.29) is 22.8 Å². The van der Waals surface area contributed by atoms with E-state index in [1.165, 1.54) is 29.5 Å². The number of rotatable bonds is 4. The van der Waals surface area contributed by atoms with E-state index in [1.807, 2.05) is 0 Å². The second-order valence-electron chi connectivity index (χ2n) is 3.50. The number of aromatic nitrogens is 1. The molecule has 1 amide bonds. The Balaban J connectivity index is 2.15. The Morgan fingerprint density at radius 3 is 2.95 bits per heavy atom. The fraction of sp³-hybridized carbons (Fsp3) is 0.0909. The molecule has 0 saturated heterocycles. The van der Waals surface area contributed by atoms with Gasteiger partial charge in [0, 0.05) is 17.6 Å². The van der Waals surface area contributed by atoms with Crippen molar-refractivity contribution in [3.8, 4) is 0 Å². The monoisotopic (exact) mass is 297 g/mol. The summed E-state index contributed by atoms with van der Waals surface area (Å²) in [7, 11) is 0. The van der Waals surface area contributed by atoms with Crippen molar-refractivity contribution in [2.24, 2.45) is 0 Å². The van der Waals surface area contributed by atoms with Crippen molar-refractivity contribution >= 4 is 34.5 Å². The van der Waals surface area contributed by atoms with Crippen LogP contribution in [0.4, 0.5) is 5.69 Å². The van der Waals surface area contributed by atoms with Gasteiger partial charge in [0.15, 0.2) is 0 Å². The molecule has 0 bridgehead atoms. The third-order valence-corrected chi connectivity index (χ3v) is 3.48. The molecule has 1 heterocycles. The number of benzene rings is 1. The maximum Gasteiger partial charge on any atom is 0.288 e. The molecule has 0 radical (unpaired) electrons. The predicted octanol–water partition coefficient (Wildman–Crippen LogP) is 2.63. The van der Waals surface area contributed by atoms with Gasteiger partial charge >= 0.3 is 0 Å². The molecule has 0 aliphatic rings. The van der Waals surface area contributed by atoms with Gasteiger partial charge in [-0.15, -0.1) is 11.3 Å². The van der Waals surface area contributed by atoms with E-state index in [1.54, 1.807) is 11.6 Å². The van der Waals surface area contributed by atoms with Crippen LogP contribution in [0.3, 0.4) is 0 Å². The van der Waals surface area contributed by atoms with Gasteiger partial charge in [-0.3, -0.25) is 14.9 Å². The van der Waals surface area contributed by atoms with Crippen LogP contribution in [0.5, 0.6) is 0 Å². The summed E-state index contributed by atoms with van der Waals surface area (Å²) in [5, 5.41) is 15.7. The zero-order valence-electron chi connectivity index (χ0n) is 9.50. The zero-order chi connectivity index (χ0) is 13.8. The fourth-order valence-electron chi connectivity index (χ4n) is 1.43. The number of carbonyl (C=O) groups is 1. The molecule has 2 aromatic rings. The van der Waals surface area contributed by atoms with Crippen LogP contribution in [0.1, 0.15) is 15.4 Å². The maximum atomic E-state index is 11.9. The SMILES string of the molecule is O=C(NCc1nccs1)c1cccc([N+](=O)[O-])c1Cl. The molecular formula is C11H8ClN3O3S. The van der Waals surface area contributed by atoms with Gasteiger partial charge < -0.3 is 5.32 Å². The van der Waals surface area contributed by atoms with Gasteiger partial charge in [0.05, 0.1) is 17.0 Å². The second-order valence-corrected chi connectivity index (χ2v) is 4.86. The number of nitro benzene ring substituents is 1. The van der Waals surface area contributed by atoms with Crippen LogP contribution in [0.25, 0.3) is 0 Å². The summed E-state index contributed by atoms with van der Waals surface area (Å²) in [4.78, 5) is 26.0. The summed E-state index contributed by atoms with van der Waals surface area (Å²) < 4.78 is 0. The van der Waals surface area contributed by atoms with Crippen molar-refractivity contribution in [2.75, 3.05) is 0 Å². The molecule has 8 heteroatoms. The first-order valence-corrected chi connectivity index (χ1v) is 6.45. The van der Waals surface area contributed by atoms with Crippen molar-refractivity contribution < 1.29 is 9.72 Å². The number of halogens is 1. The molecule has 19 heavy (non-hydrogen) atoms. The van der Waals surface area contributed by atoms with Gasteiger partial charge in [-0.25, -0.2) is 4.98 Å². The van der Waals surface area contributed by atoms with Gasteiger partial charge in [0.25, 0.3) is 11.6 Å². The lowest BCUT2D eigenvalue weighted by Crippen LogP contribution is -2.23. The number of amides is 1. The number of nitrogens with zero attached hydrogens (tertiary/aromatic N) is 2. The molecule has 0 atom stereocenters. The van der Waals surface area contributed by atoms with Crippen LogP contribution < -0.4 is 5.32 Å². The molecule has 0 fully saturated rings. The Labute approximate surface area is 117 Å². The van der Waals surface area contributed by atoms with Crippen LogP contribution in [-0.4, -0.2) is 15.8 Å². The van der Waals surface area contributed by atoms with Gasteiger partial charge in [0.1, 0.15) is 10.0 Å². The Kier molecular flexibility index (Phi) is 4.08. The van der Waals surface area contributed by atoms with Crippen LogP contribution in [0.2, 0.25) is 5.02 Å². The lowest BCUT2D eigenvalue weighted by Gasteiger charge is -2.05. The fourth-order valence-corrected chi connectivity index (χ4v) is 2.26. The van der Waals surface area contributed by atoms with E-state index < -0.39 is 10.8 Å². The number of nitro groups is 1. The van der Waals surface area contributed by atoms with Crippen LogP contribution >= 0.6 is 22.9 Å². The minimum Gasteiger partial charge on any atom is -0.345 e. The molecule has 0 saturated carbocycles. The lowest BCUT2D eigenvalue weighted by molar-refractivity contribution is -0.384. The number of carbonyl (C=O) groups excluding carboxylic acids is 1. The molecule has 1 aromatic heterocycles. The topological polar surface area (TPSA) is 85.1 Å². The van der Waals surface area contributed by atoms with Gasteiger partial charge in [-0.1, -0.05) is 17.7 Å². The Morgan fingerprint density at radius 1 is 1.53 bits per heavy atom. The summed E-state index contributed by atoms with van der Waals surface area (Å²) in [6.45, 7) is 0.259. The standard InChI is InChI=1S/C11H8ClN3O3S/c12-10-7(2-1-3-8(10)15(17)18)11(16)14-6-9-13-4-5-19-9/h1-5H,6H2,(H,14,16). The summed E-state index contributed by atoms with van der Waals surface area (Å²) in [5.41, 5.74) is -0.212. The zero-order valence-corrected chi connectivity index (χ0v) is 11.1. The van der Waals surface area contributed by atoms with Crippen molar-refractivity contribution in [2.45, 2.75) is 6.54 Å². The maximum absolute atomic E-state index is 11.9. The van der Waals surface area contributed by atoms with E-state index in [4.69, 9.17) is 11.6 Å². The Morgan fingerprint density at radius 2 is 2.32 bits per heavy atom. The first kappa shape index (κ1) is 13.4. The summed E-state index contributed by atoms with van der Waals surface area (Å²) in [6, 6.07) is 4.11. The van der Waals surface area contributed by atoms with Crippen LogP contribution in [0.15, 0.2) is 29.8 Å². The van der Waals surface area contributed by atoms with Crippen molar-refractivity contribution in [1.82, 2.24) is 10.3 Å². The largest absolute Gasteiger partial charge is 0.345 e. The number of thiazole rings is 1. The smallest absolute Gasteiger partial charge is 0.288 e. The minimum atomic E-state index is -0.625. The van der Waals surface area contributed by atoms with E-state index >= 15 is 0 Å². The molecule has 0 aliphatic heterocycles. The molecule has 2 rings (SSSR count). The molecule has 98 valence electrons. The highest BCUT2D eigenvalue weighted by molar-refractivity contribution is 7.09. The van der Waals surface area contributed by atoms with Crippen molar-refractivity contribution in [1.29, 1.82) is 0 Å². The van der Waals surface area contributed by atoms with E-state index in [2.05, 4.69) is 10.3 Å². The third-order valence-electron chi connectivity index (χ3n) is 2.30. The van der Waals surface area contributed by atoms with Crippen LogP contribution in [-0.2, 0) is 6.54 Å². The number of hydrogen-bond donors (Lipinski definition) is 1. The molecule has 0 aliphatic carbocycles. The van der Waals surface area contributed by atoms with E-state index in [0.717, 1.165) is 5.01 Å². The summed E-state index contributed by atoms with van der Waals surface area (Å²) in [6.07, 6.45) is 1.63. The normalized spacial score (nSPS) is 10.2. The quantitative estimate of drug-likeness (QED) is 0.694. The molecule has 6 nitrogen and oxygen atoms in total. The highest BCUT2D eigenvalue weighted by atomic mass is 35.5. The molecule has 1 aromatic carbocycles. The first-order chi connectivity index (χ1) is 9.09. The first-order valence-electron chi connectivity index (χ1n) is 5.19.